The molecule has 0 aliphatic rings. The Labute approximate surface area is 181 Å². The topological polar surface area (TPSA) is 136 Å². The fourth-order valence-corrected chi connectivity index (χ4v) is 4.25. The summed E-state index contributed by atoms with van der Waals surface area (Å²) in [7, 11) is -3.96. The molecule has 0 radical (unpaired) electrons. The van der Waals surface area contributed by atoms with Gasteiger partial charge in [-0.3, -0.25) is 14.4 Å². The lowest BCUT2D eigenvalue weighted by Crippen LogP contribution is -2.42. The number of para-hydroxylation sites is 1. The number of hydrogen-bond acceptors (Lipinski definition) is 6. The molecule has 3 N–H and O–H groups in total. The van der Waals surface area contributed by atoms with Crippen molar-refractivity contribution in [2.45, 2.75) is 37.7 Å². The summed E-state index contributed by atoms with van der Waals surface area (Å²) in [6.07, 6.45) is 0.157. The van der Waals surface area contributed by atoms with Crippen molar-refractivity contribution in [1.29, 1.82) is 0 Å². The Morgan fingerprint density at radius 2 is 1.77 bits per heavy atom. The lowest BCUT2D eigenvalue weighted by Gasteiger charge is -2.24. The van der Waals surface area contributed by atoms with Crippen molar-refractivity contribution in [3.8, 4) is 0 Å². The van der Waals surface area contributed by atoms with Gasteiger partial charge in [0.15, 0.2) is 6.10 Å². The Morgan fingerprint density at radius 3 is 2.39 bits per heavy atom. The molecule has 0 aliphatic heterocycles. The van der Waals surface area contributed by atoms with Gasteiger partial charge in [0, 0.05) is 6.54 Å². The summed E-state index contributed by atoms with van der Waals surface area (Å²) < 4.78 is 33.0. The summed E-state index contributed by atoms with van der Waals surface area (Å²) in [5.41, 5.74) is 5.33. The summed E-state index contributed by atoms with van der Waals surface area (Å²) in [6, 6.07) is 13.0. The number of nitrogens with zero attached hydrogens (tertiary/aromatic N) is 1. The van der Waals surface area contributed by atoms with E-state index in [9.17, 15) is 22.8 Å². The van der Waals surface area contributed by atoms with E-state index in [1.807, 2.05) is 12.2 Å². The van der Waals surface area contributed by atoms with Gasteiger partial charge in [-0.15, -0.1) is 0 Å². The maximum Gasteiger partial charge on any atom is 0.338 e. The summed E-state index contributed by atoms with van der Waals surface area (Å²) in [5, 5.41) is 1.81. The van der Waals surface area contributed by atoms with Crippen LogP contribution >= 0.6 is 0 Å². The zero-order valence-electron chi connectivity index (χ0n) is 17.3. The molecule has 0 unspecified atom stereocenters. The molecule has 0 heterocycles. The van der Waals surface area contributed by atoms with Gasteiger partial charge < -0.3 is 10.5 Å². The van der Waals surface area contributed by atoms with E-state index >= 15 is 0 Å². The van der Waals surface area contributed by atoms with Gasteiger partial charge in [0.1, 0.15) is 0 Å². The van der Waals surface area contributed by atoms with Crippen LogP contribution in [0.3, 0.4) is 0 Å². The number of carbonyl (C=O) groups excluding carboxylic acids is 3. The molecule has 2 aromatic rings. The van der Waals surface area contributed by atoms with Crippen molar-refractivity contribution in [1.82, 2.24) is 5.32 Å². The predicted octanol–water partition coefficient (Wildman–Crippen LogP) is 2.42. The minimum absolute atomic E-state index is 0.0525. The highest BCUT2D eigenvalue weighted by Crippen LogP contribution is 2.25. The number of anilines is 1. The van der Waals surface area contributed by atoms with Gasteiger partial charge in [0.25, 0.3) is 15.9 Å². The van der Waals surface area contributed by atoms with E-state index in [4.69, 9.17) is 10.5 Å². The van der Waals surface area contributed by atoms with Crippen molar-refractivity contribution in [3.63, 3.8) is 0 Å². The SMILES string of the molecule is CCCCN(c1ccccc1)S(=O)(=O)c1cccc(C(=O)O[C@H](C)C(=O)NC(N)=O)c1. The predicted molar refractivity (Wildman–Crippen MR) is 115 cm³/mol. The van der Waals surface area contributed by atoms with E-state index in [1.54, 1.807) is 30.3 Å². The van der Waals surface area contributed by atoms with E-state index < -0.39 is 34.0 Å². The zero-order valence-corrected chi connectivity index (χ0v) is 18.1. The van der Waals surface area contributed by atoms with Crippen LogP contribution in [0.25, 0.3) is 0 Å². The number of nitrogens with one attached hydrogen (secondary N) is 1. The van der Waals surface area contributed by atoms with Gasteiger partial charge in [-0.2, -0.15) is 0 Å². The third-order valence-corrected chi connectivity index (χ3v) is 6.14. The van der Waals surface area contributed by atoms with Gasteiger partial charge in [0.05, 0.1) is 16.1 Å². The average Bonchev–Trinajstić information content (AvgIpc) is 2.74. The molecule has 10 heteroatoms. The zero-order chi connectivity index (χ0) is 23.0. The molecule has 1 atom stereocenters. The van der Waals surface area contributed by atoms with Gasteiger partial charge in [-0.1, -0.05) is 37.6 Å². The number of carbonyl (C=O) groups is 3. The number of nitrogens with two attached hydrogens (primary N) is 1. The first-order chi connectivity index (χ1) is 14.7. The molecule has 0 spiro atoms. The molecule has 0 saturated heterocycles. The molecule has 0 aliphatic carbocycles. The number of benzene rings is 2. The van der Waals surface area contributed by atoms with E-state index in [2.05, 4.69) is 0 Å². The van der Waals surface area contributed by atoms with E-state index in [1.165, 1.54) is 35.5 Å². The number of urea groups is 1. The number of esters is 1. The Kier molecular flexibility index (Phi) is 8.14. The van der Waals surface area contributed by atoms with Crippen molar-refractivity contribution in [2.75, 3.05) is 10.8 Å². The van der Waals surface area contributed by atoms with E-state index in [0.717, 1.165) is 6.42 Å². The average molecular weight is 448 g/mol. The van der Waals surface area contributed by atoms with Crippen molar-refractivity contribution < 1.29 is 27.5 Å². The number of sulfonamides is 1. The molecule has 0 bridgehead atoms. The maximum absolute atomic E-state index is 13.3. The minimum atomic E-state index is -3.96. The highest BCUT2D eigenvalue weighted by Gasteiger charge is 2.26. The number of ether oxygens (including phenoxy) is 1. The molecular weight excluding hydrogens is 422 g/mol. The molecular formula is C21H25N3O6S. The number of hydrogen-bond donors (Lipinski definition) is 2. The van der Waals surface area contributed by atoms with Crippen LogP contribution in [0.4, 0.5) is 10.5 Å². The monoisotopic (exact) mass is 447 g/mol. The van der Waals surface area contributed by atoms with E-state index in [-0.39, 0.29) is 17.0 Å². The Morgan fingerprint density at radius 1 is 1.10 bits per heavy atom. The molecule has 9 nitrogen and oxygen atoms in total. The first-order valence-electron chi connectivity index (χ1n) is 9.66. The highest BCUT2D eigenvalue weighted by molar-refractivity contribution is 7.92. The first-order valence-corrected chi connectivity index (χ1v) is 11.1. The smallest absolute Gasteiger partial charge is 0.338 e. The number of rotatable bonds is 9. The quantitative estimate of drug-likeness (QED) is 0.567. The third kappa shape index (κ3) is 6.29. The van der Waals surface area contributed by atoms with E-state index in [0.29, 0.717) is 12.1 Å². The second-order valence-electron chi connectivity index (χ2n) is 6.70. The number of amides is 3. The maximum atomic E-state index is 13.3. The van der Waals surface area contributed by atoms with Gasteiger partial charge in [-0.05, 0) is 43.7 Å². The fraction of sp³-hybridized carbons (Fsp3) is 0.286. The van der Waals surface area contributed by atoms with Gasteiger partial charge in [-0.25, -0.2) is 18.0 Å². The largest absolute Gasteiger partial charge is 0.449 e. The number of primary amides is 1. The van der Waals surface area contributed by atoms with Crippen molar-refractivity contribution in [3.05, 3.63) is 60.2 Å². The van der Waals surface area contributed by atoms with Crippen LogP contribution in [0.15, 0.2) is 59.5 Å². The van der Waals surface area contributed by atoms with Crippen LogP contribution < -0.4 is 15.4 Å². The lowest BCUT2D eigenvalue weighted by molar-refractivity contribution is -0.127. The van der Waals surface area contributed by atoms with Crippen molar-refractivity contribution in [2.24, 2.45) is 5.73 Å². The van der Waals surface area contributed by atoms with Crippen LogP contribution in [0.2, 0.25) is 0 Å². The summed E-state index contributed by atoms with van der Waals surface area (Å²) >= 11 is 0. The molecule has 2 aromatic carbocycles. The second kappa shape index (κ2) is 10.6. The molecule has 0 fully saturated rings. The van der Waals surface area contributed by atoms with Crippen LogP contribution in [0, 0.1) is 0 Å². The molecule has 31 heavy (non-hydrogen) atoms. The van der Waals surface area contributed by atoms with Gasteiger partial charge >= 0.3 is 12.0 Å². The fourth-order valence-electron chi connectivity index (χ4n) is 2.70. The van der Waals surface area contributed by atoms with Gasteiger partial charge in [0.2, 0.25) is 0 Å². The minimum Gasteiger partial charge on any atom is -0.449 e. The molecule has 2 rings (SSSR count). The van der Waals surface area contributed by atoms with Crippen LogP contribution in [0.1, 0.15) is 37.0 Å². The Bertz CT molecular complexity index is 1040. The molecule has 0 saturated carbocycles. The normalized spacial score (nSPS) is 11.9. The highest BCUT2D eigenvalue weighted by atomic mass is 32.2. The second-order valence-corrected chi connectivity index (χ2v) is 8.56. The number of unbranched alkanes of at least 4 members (excludes halogenated alkanes) is 1. The summed E-state index contributed by atoms with van der Waals surface area (Å²) in [5.74, 6) is -1.80. The summed E-state index contributed by atoms with van der Waals surface area (Å²) in [6.45, 7) is 3.50. The lowest BCUT2D eigenvalue weighted by atomic mass is 10.2. The Balaban J connectivity index is 2.30. The van der Waals surface area contributed by atoms with Crippen LogP contribution in [-0.4, -0.2) is 39.0 Å². The molecule has 166 valence electrons. The molecule has 0 aromatic heterocycles. The first kappa shape index (κ1) is 23.9. The summed E-state index contributed by atoms with van der Waals surface area (Å²) in [4.78, 5) is 34.8. The van der Waals surface area contributed by atoms with Crippen molar-refractivity contribution >= 4 is 33.6 Å². The Hall–Kier alpha value is -3.40. The van der Waals surface area contributed by atoms with Crippen LogP contribution in [-0.2, 0) is 19.6 Å². The van der Waals surface area contributed by atoms with Crippen LogP contribution in [0.5, 0.6) is 0 Å². The third-order valence-electron chi connectivity index (χ3n) is 4.32. The standard InChI is InChI=1S/C21H25N3O6S/c1-3-4-13-24(17-10-6-5-7-11-17)31(28,29)18-12-8-9-16(14-18)20(26)30-15(2)19(25)23-21(22)27/h5-12,14-15H,3-4,13H2,1-2H3,(H3,22,23,25,27)/t15-/m1/s1. The molecule has 3 amide bonds. The number of imide groups is 1.